The Morgan fingerprint density at radius 1 is 1.23 bits per heavy atom. The van der Waals surface area contributed by atoms with Gasteiger partial charge in [-0.05, 0) is 12.8 Å². The molecule has 31 heavy (non-hydrogen) atoms. The number of fused-ring (bicyclic) bond motifs is 1. The van der Waals surface area contributed by atoms with E-state index in [2.05, 4.69) is 5.32 Å². The molecule has 2 aromatic rings. The number of carbonyl (C=O) groups excluding carboxylic acids is 3. The molecule has 2 aromatic carbocycles. The van der Waals surface area contributed by atoms with E-state index in [9.17, 15) is 14.4 Å². The standard InChI is InChI=1S/C23H25NO4.CHO.In/c1-16(2)22(14-25)17-5-9-19(10-6-17)24-23(26)18-7-11-20(12-8-18)28-15-21-4-3-13-27-21;1-2;/h5,7-12,14,21-22H,3-4,13,15H2,1-2H3,(H,24,26);1H;/t21-,22?;;/m0../s1. The van der Waals surface area contributed by atoms with Crippen molar-refractivity contribution in [2.75, 3.05) is 18.5 Å². The zero-order valence-corrected chi connectivity index (χ0v) is 21.1. The summed E-state index contributed by atoms with van der Waals surface area (Å²) in [5.41, 5.74) is 2.11. The molecule has 7 heteroatoms. The predicted octanol–water partition coefficient (Wildman–Crippen LogP) is 3.05. The quantitative estimate of drug-likeness (QED) is 0.565. The number of amides is 1. The number of nitrogens with one attached hydrogen (secondary N) is 1. The average Bonchev–Trinajstić information content (AvgIpc) is 3.35. The van der Waals surface area contributed by atoms with Crippen molar-refractivity contribution in [2.45, 2.75) is 41.9 Å². The fourth-order valence-electron chi connectivity index (χ4n) is 4.57. The first-order valence-corrected chi connectivity index (χ1v) is 15.8. The molecule has 2 heterocycles. The SMILES string of the molecule is C[C]1(C)C(C=O)c2ccc(NC(=O)c3ccc(OC[C@@H]4CCCO4)cc3)c[c]2[In]1[CH]=O. The van der Waals surface area contributed by atoms with Crippen LogP contribution in [-0.2, 0) is 14.3 Å². The van der Waals surface area contributed by atoms with Crippen LogP contribution >= 0.6 is 0 Å². The van der Waals surface area contributed by atoms with Gasteiger partial charge in [0, 0.05) is 6.61 Å². The van der Waals surface area contributed by atoms with Crippen LogP contribution in [0, 0.1) is 0 Å². The van der Waals surface area contributed by atoms with Gasteiger partial charge in [-0.1, -0.05) is 0 Å². The summed E-state index contributed by atoms with van der Waals surface area (Å²) in [5, 5.41) is 2.92. The van der Waals surface area contributed by atoms with Crippen molar-refractivity contribution in [3.63, 3.8) is 0 Å². The van der Waals surface area contributed by atoms with Crippen LogP contribution in [0.3, 0.4) is 0 Å². The Kier molecular flexibility index (Phi) is 6.53. The summed E-state index contributed by atoms with van der Waals surface area (Å²) in [6, 6.07) is 12.6. The van der Waals surface area contributed by atoms with Gasteiger partial charge in [0.05, 0.1) is 0 Å². The van der Waals surface area contributed by atoms with Gasteiger partial charge in [-0.25, -0.2) is 0 Å². The monoisotopic (exact) mass is 523 g/mol. The van der Waals surface area contributed by atoms with Crippen LogP contribution in [0.5, 0.6) is 5.75 Å². The summed E-state index contributed by atoms with van der Waals surface area (Å²) in [4.78, 5) is 36.2. The summed E-state index contributed by atoms with van der Waals surface area (Å²) in [6.07, 6.45) is 3.19. The molecule has 0 aliphatic carbocycles. The van der Waals surface area contributed by atoms with E-state index in [0.29, 0.717) is 23.6 Å². The summed E-state index contributed by atoms with van der Waals surface area (Å²) in [5.74, 6) is 0.225. The molecule has 1 unspecified atom stereocenters. The van der Waals surface area contributed by atoms with Crippen LogP contribution in [0.4, 0.5) is 5.69 Å². The van der Waals surface area contributed by atoms with Crippen LogP contribution in [0.2, 0.25) is 3.17 Å². The summed E-state index contributed by atoms with van der Waals surface area (Å²) < 4.78 is 13.1. The maximum atomic E-state index is 12.7. The van der Waals surface area contributed by atoms with Crippen molar-refractivity contribution >= 4 is 46.7 Å². The van der Waals surface area contributed by atoms with Crippen molar-refractivity contribution in [2.24, 2.45) is 0 Å². The first-order chi connectivity index (χ1) is 14.9. The van der Waals surface area contributed by atoms with Crippen molar-refractivity contribution in [1.29, 1.82) is 0 Å². The molecule has 2 aliphatic heterocycles. The zero-order chi connectivity index (χ0) is 22.0. The minimum atomic E-state index is -2.83. The second-order valence-corrected chi connectivity index (χ2v) is 18.3. The fraction of sp³-hybridized carbons (Fsp3) is 0.375. The van der Waals surface area contributed by atoms with Crippen LogP contribution in [0.25, 0.3) is 0 Å². The molecule has 0 saturated carbocycles. The number of rotatable bonds is 7. The molecule has 2 atom stereocenters. The van der Waals surface area contributed by atoms with Crippen molar-refractivity contribution in [1.82, 2.24) is 0 Å². The van der Waals surface area contributed by atoms with Crippen molar-refractivity contribution < 1.29 is 23.9 Å². The topological polar surface area (TPSA) is 81.7 Å². The number of hydrogen-bond donors (Lipinski definition) is 1. The molecule has 1 saturated heterocycles. The predicted molar refractivity (Wildman–Crippen MR) is 120 cm³/mol. The third-order valence-electron chi connectivity index (χ3n) is 6.47. The Balaban J connectivity index is 1.44. The third-order valence-corrected chi connectivity index (χ3v) is 16.2. The molecule has 1 fully saturated rings. The Morgan fingerprint density at radius 2 is 2.00 bits per heavy atom. The normalized spacial score (nSPS) is 21.4. The van der Waals surface area contributed by atoms with Gasteiger partial charge < -0.3 is 4.74 Å². The summed E-state index contributed by atoms with van der Waals surface area (Å²) in [7, 11) is 0. The van der Waals surface area contributed by atoms with Crippen LogP contribution in [-0.4, -0.2) is 57.0 Å². The van der Waals surface area contributed by atoms with E-state index < -0.39 is 21.4 Å². The maximum absolute atomic E-state index is 12.7. The average molecular weight is 523 g/mol. The molecular weight excluding hydrogens is 497 g/mol. The van der Waals surface area contributed by atoms with E-state index in [1.54, 1.807) is 30.3 Å². The number of hydrogen-bond acceptors (Lipinski definition) is 5. The van der Waals surface area contributed by atoms with E-state index >= 15 is 0 Å². The van der Waals surface area contributed by atoms with Gasteiger partial charge in [0.1, 0.15) is 0 Å². The van der Waals surface area contributed by atoms with E-state index in [0.717, 1.165) is 38.7 Å². The Labute approximate surface area is 189 Å². The number of aldehydes is 1. The van der Waals surface area contributed by atoms with E-state index in [-0.39, 0.29) is 21.1 Å². The molecule has 0 bridgehead atoms. The Hall–Kier alpha value is -2.12. The molecular formula is C24H26InNO5. The molecule has 1 amide bonds. The van der Waals surface area contributed by atoms with Gasteiger partial charge in [-0.15, -0.1) is 0 Å². The second kappa shape index (κ2) is 9.17. The molecule has 4 rings (SSSR count). The summed E-state index contributed by atoms with van der Waals surface area (Å²) in [6.45, 7) is 5.34. The van der Waals surface area contributed by atoms with Gasteiger partial charge >= 0.3 is 166 Å². The van der Waals surface area contributed by atoms with E-state index in [4.69, 9.17) is 9.47 Å². The van der Waals surface area contributed by atoms with Gasteiger partial charge in [-0.3, -0.25) is 0 Å². The van der Waals surface area contributed by atoms with Crippen LogP contribution in [0.1, 0.15) is 48.5 Å². The Morgan fingerprint density at radius 3 is 2.65 bits per heavy atom. The van der Waals surface area contributed by atoms with Crippen molar-refractivity contribution in [3.8, 4) is 5.75 Å². The molecule has 2 aliphatic rings. The number of carbonyl (C=O) groups is 3. The molecule has 1 N–H and O–H groups in total. The summed E-state index contributed by atoms with van der Waals surface area (Å²) >= 11 is -2.83. The fourth-order valence-corrected chi connectivity index (χ4v) is 13.0. The second-order valence-electron chi connectivity index (χ2n) is 8.82. The molecule has 0 aromatic heterocycles. The minimum absolute atomic E-state index is 0.145. The molecule has 160 valence electrons. The van der Waals surface area contributed by atoms with Crippen LogP contribution < -0.4 is 13.4 Å². The molecule has 6 nitrogen and oxygen atoms in total. The molecule has 0 spiro atoms. The van der Waals surface area contributed by atoms with Gasteiger partial charge in [0.2, 0.25) is 0 Å². The van der Waals surface area contributed by atoms with Crippen LogP contribution in [0.15, 0.2) is 42.5 Å². The number of benzene rings is 2. The first-order valence-electron chi connectivity index (χ1n) is 10.6. The Bertz CT molecular complexity index is 982. The van der Waals surface area contributed by atoms with E-state index in [1.165, 1.54) is 0 Å². The third kappa shape index (κ3) is 4.44. The zero-order valence-electron chi connectivity index (χ0n) is 17.8. The first kappa shape index (κ1) is 22.1. The number of anilines is 1. The van der Waals surface area contributed by atoms with E-state index in [1.807, 2.05) is 26.0 Å². The molecule has 0 radical (unpaired) electrons. The van der Waals surface area contributed by atoms with Gasteiger partial charge in [0.15, 0.2) is 0 Å². The van der Waals surface area contributed by atoms with Gasteiger partial charge in [-0.2, -0.15) is 0 Å². The number of ether oxygens (including phenoxy) is 2. The van der Waals surface area contributed by atoms with Gasteiger partial charge in [0.25, 0.3) is 0 Å². The van der Waals surface area contributed by atoms with Crippen molar-refractivity contribution in [3.05, 3.63) is 53.6 Å².